The van der Waals surface area contributed by atoms with Gasteiger partial charge in [0.15, 0.2) is 0 Å². The van der Waals surface area contributed by atoms with Gasteiger partial charge in [-0.3, -0.25) is 4.79 Å². The summed E-state index contributed by atoms with van der Waals surface area (Å²) in [5.74, 6) is 1.24. The van der Waals surface area contributed by atoms with E-state index in [9.17, 15) is 4.79 Å². The van der Waals surface area contributed by atoms with Crippen LogP contribution >= 0.6 is 0 Å². The van der Waals surface area contributed by atoms with E-state index in [4.69, 9.17) is 0 Å². The van der Waals surface area contributed by atoms with Crippen LogP contribution in [0.25, 0.3) is 0 Å². The molecule has 0 atom stereocenters. The summed E-state index contributed by atoms with van der Waals surface area (Å²) < 4.78 is 0. The zero-order valence-corrected chi connectivity index (χ0v) is 15.1. The molecule has 1 aromatic carbocycles. The van der Waals surface area contributed by atoms with Crippen molar-refractivity contribution in [2.24, 2.45) is 5.92 Å². The van der Waals surface area contributed by atoms with Crippen molar-refractivity contribution in [1.29, 1.82) is 0 Å². The molecule has 0 aliphatic rings. The monoisotopic (exact) mass is 302 g/mol. The normalized spacial score (nSPS) is 11.1. The average molecular weight is 303 g/mol. The molecule has 1 aromatic rings. The minimum Gasteiger partial charge on any atom is -0.300 e. The van der Waals surface area contributed by atoms with Crippen molar-refractivity contribution in [2.45, 2.75) is 85.5 Å². The second-order valence-corrected chi connectivity index (χ2v) is 7.00. The number of carbonyl (C=O) groups excluding carboxylic acids is 1. The second-order valence-electron chi connectivity index (χ2n) is 7.00. The van der Waals surface area contributed by atoms with Gasteiger partial charge in [0.25, 0.3) is 0 Å². The number of Topliss-reactive ketones (excluding diaryl/α,β-unsaturated/α-hetero) is 1. The van der Waals surface area contributed by atoms with Gasteiger partial charge in [-0.05, 0) is 48.8 Å². The molecule has 0 spiro atoms. The number of hydrogen-bond donors (Lipinski definition) is 0. The fourth-order valence-corrected chi connectivity index (χ4v) is 2.90. The summed E-state index contributed by atoms with van der Waals surface area (Å²) in [5.41, 5.74) is 4.09. The summed E-state index contributed by atoms with van der Waals surface area (Å²) in [5, 5.41) is 0. The van der Waals surface area contributed by atoms with Crippen molar-refractivity contribution < 1.29 is 4.79 Å². The fourth-order valence-electron chi connectivity index (χ4n) is 2.90. The highest BCUT2D eigenvalue weighted by Gasteiger charge is 2.05. The Morgan fingerprint density at radius 3 is 2.45 bits per heavy atom. The van der Waals surface area contributed by atoms with E-state index in [1.165, 1.54) is 42.4 Å². The van der Waals surface area contributed by atoms with Crippen LogP contribution in [0.4, 0.5) is 0 Å². The molecule has 0 aliphatic carbocycles. The van der Waals surface area contributed by atoms with E-state index in [2.05, 4.69) is 45.9 Å². The lowest BCUT2D eigenvalue weighted by atomic mass is 9.98. The maximum atomic E-state index is 12.0. The molecule has 0 fully saturated rings. The van der Waals surface area contributed by atoms with Gasteiger partial charge in [0.1, 0.15) is 5.78 Å². The Morgan fingerprint density at radius 2 is 1.77 bits per heavy atom. The predicted octanol–water partition coefficient (Wildman–Crippen LogP) is 6.06. The van der Waals surface area contributed by atoms with Crippen molar-refractivity contribution in [1.82, 2.24) is 0 Å². The highest BCUT2D eigenvalue weighted by atomic mass is 16.1. The highest BCUT2D eigenvalue weighted by Crippen LogP contribution is 2.15. The van der Waals surface area contributed by atoms with E-state index >= 15 is 0 Å². The third-order valence-electron chi connectivity index (χ3n) is 4.47. The maximum absolute atomic E-state index is 12.0. The first kappa shape index (κ1) is 18.9. The van der Waals surface area contributed by atoms with E-state index in [-0.39, 0.29) is 0 Å². The van der Waals surface area contributed by atoms with Crippen LogP contribution < -0.4 is 0 Å². The largest absolute Gasteiger partial charge is 0.300 e. The van der Waals surface area contributed by atoms with Crippen molar-refractivity contribution in [3.8, 4) is 0 Å². The molecule has 0 saturated heterocycles. The van der Waals surface area contributed by atoms with Crippen molar-refractivity contribution in [3.05, 3.63) is 34.9 Å². The topological polar surface area (TPSA) is 17.1 Å². The minimum absolute atomic E-state index is 0.433. The smallest absolute Gasteiger partial charge is 0.133 e. The van der Waals surface area contributed by atoms with Gasteiger partial charge in [-0.1, -0.05) is 64.7 Å². The molecule has 22 heavy (non-hydrogen) atoms. The molecule has 1 nitrogen and oxygen atoms in total. The molecule has 0 unspecified atom stereocenters. The van der Waals surface area contributed by atoms with E-state index < -0.39 is 0 Å². The second kappa shape index (κ2) is 10.6. The molecule has 0 radical (unpaired) electrons. The Balaban J connectivity index is 2.18. The lowest BCUT2D eigenvalue weighted by Gasteiger charge is -2.07. The molecule has 124 valence electrons. The van der Waals surface area contributed by atoms with Gasteiger partial charge in [0.05, 0.1) is 0 Å². The Bertz CT molecular complexity index is 445. The zero-order valence-electron chi connectivity index (χ0n) is 15.1. The van der Waals surface area contributed by atoms with Gasteiger partial charge in [0.2, 0.25) is 0 Å². The average Bonchev–Trinajstić information content (AvgIpc) is 2.49. The van der Waals surface area contributed by atoms with Crippen LogP contribution in [0.15, 0.2) is 18.2 Å². The van der Waals surface area contributed by atoms with E-state index in [1.807, 2.05) is 0 Å². The summed E-state index contributed by atoms with van der Waals surface area (Å²) in [7, 11) is 0. The Morgan fingerprint density at radius 1 is 1.05 bits per heavy atom. The summed E-state index contributed by atoms with van der Waals surface area (Å²) in [6.07, 6.45) is 9.66. The molecule has 0 N–H and O–H groups in total. The molecular weight excluding hydrogens is 268 g/mol. The zero-order chi connectivity index (χ0) is 16.4. The SMILES string of the molecule is CCc1cc(CCC(=O)CCCCCCC(C)C)ccc1C. The predicted molar refractivity (Wildman–Crippen MR) is 96.4 cm³/mol. The number of unbranched alkanes of at least 4 members (excludes halogenated alkanes) is 3. The van der Waals surface area contributed by atoms with Crippen LogP contribution in [0.3, 0.4) is 0 Å². The van der Waals surface area contributed by atoms with Gasteiger partial charge in [-0.25, -0.2) is 0 Å². The molecule has 1 heteroatoms. The quantitative estimate of drug-likeness (QED) is 0.454. The molecule has 1 rings (SSSR count). The molecule has 0 aliphatic heterocycles. The van der Waals surface area contributed by atoms with E-state index in [0.717, 1.165) is 31.6 Å². The number of ketones is 1. The number of rotatable bonds is 11. The molecule has 0 amide bonds. The lowest BCUT2D eigenvalue weighted by Crippen LogP contribution is -2.01. The lowest BCUT2D eigenvalue weighted by molar-refractivity contribution is -0.119. The van der Waals surface area contributed by atoms with Gasteiger partial charge in [-0.2, -0.15) is 0 Å². The Hall–Kier alpha value is -1.11. The Kier molecular flexibility index (Phi) is 9.11. The standard InChI is InChI=1S/C21H34O/c1-5-20-16-19(13-12-18(20)4)14-15-21(22)11-9-7-6-8-10-17(2)3/h12-13,16-17H,5-11,14-15H2,1-4H3. The van der Waals surface area contributed by atoms with Gasteiger partial charge < -0.3 is 0 Å². The molecular formula is C21H34O. The summed E-state index contributed by atoms with van der Waals surface area (Å²) in [6.45, 7) is 8.90. The number of benzene rings is 1. The first-order valence-electron chi connectivity index (χ1n) is 9.13. The van der Waals surface area contributed by atoms with Gasteiger partial charge in [0, 0.05) is 12.8 Å². The van der Waals surface area contributed by atoms with E-state index in [0.29, 0.717) is 12.2 Å². The van der Waals surface area contributed by atoms with Crippen molar-refractivity contribution >= 4 is 5.78 Å². The van der Waals surface area contributed by atoms with Crippen LogP contribution in [-0.4, -0.2) is 5.78 Å². The summed E-state index contributed by atoms with van der Waals surface area (Å²) in [6, 6.07) is 6.63. The summed E-state index contributed by atoms with van der Waals surface area (Å²) >= 11 is 0. The third-order valence-corrected chi connectivity index (χ3v) is 4.47. The molecule has 0 saturated carbocycles. The van der Waals surface area contributed by atoms with Crippen molar-refractivity contribution in [3.63, 3.8) is 0 Å². The fraction of sp³-hybridized carbons (Fsp3) is 0.667. The van der Waals surface area contributed by atoms with Crippen molar-refractivity contribution in [2.75, 3.05) is 0 Å². The van der Waals surface area contributed by atoms with Crippen LogP contribution in [-0.2, 0) is 17.6 Å². The third kappa shape index (κ3) is 7.77. The molecule has 0 bridgehead atoms. The van der Waals surface area contributed by atoms with Crippen LogP contribution in [0.5, 0.6) is 0 Å². The number of aryl methyl sites for hydroxylation is 3. The highest BCUT2D eigenvalue weighted by molar-refractivity contribution is 5.78. The van der Waals surface area contributed by atoms with E-state index in [1.54, 1.807) is 0 Å². The molecule has 0 aromatic heterocycles. The maximum Gasteiger partial charge on any atom is 0.133 e. The number of carbonyl (C=O) groups is 1. The van der Waals surface area contributed by atoms with Crippen LogP contribution in [0.2, 0.25) is 0 Å². The Labute approximate surface area is 137 Å². The van der Waals surface area contributed by atoms with Crippen LogP contribution in [0, 0.1) is 12.8 Å². The number of hydrogen-bond acceptors (Lipinski definition) is 1. The van der Waals surface area contributed by atoms with Gasteiger partial charge in [-0.15, -0.1) is 0 Å². The summed E-state index contributed by atoms with van der Waals surface area (Å²) in [4.78, 5) is 12.0. The molecule has 0 heterocycles. The first-order valence-corrected chi connectivity index (χ1v) is 9.13. The minimum atomic E-state index is 0.433. The van der Waals surface area contributed by atoms with Gasteiger partial charge >= 0.3 is 0 Å². The first-order chi connectivity index (χ1) is 10.5. The van der Waals surface area contributed by atoms with Crippen LogP contribution in [0.1, 0.15) is 82.4 Å².